The molecule has 7 nitrogen and oxygen atoms in total. The lowest BCUT2D eigenvalue weighted by Crippen LogP contribution is -2.24. The molecule has 1 fully saturated rings. The summed E-state index contributed by atoms with van der Waals surface area (Å²) >= 11 is 0. The van der Waals surface area contributed by atoms with Crippen molar-refractivity contribution in [2.75, 3.05) is 13.2 Å². The molecule has 1 aliphatic heterocycles. The second kappa shape index (κ2) is 8.84. The summed E-state index contributed by atoms with van der Waals surface area (Å²) in [5.41, 5.74) is 1.21. The van der Waals surface area contributed by atoms with E-state index < -0.39 is 17.5 Å². The van der Waals surface area contributed by atoms with Gasteiger partial charge in [0.25, 0.3) is 0 Å². The van der Waals surface area contributed by atoms with Crippen molar-refractivity contribution in [2.45, 2.75) is 44.9 Å². The summed E-state index contributed by atoms with van der Waals surface area (Å²) in [5.74, 6) is -2.03. The van der Waals surface area contributed by atoms with Gasteiger partial charge in [0, 0.05) is 12.3 Å². The number of pyridine rings is 1. The highest BCUT2D eigenvalue weighted by atomic mass is 19.1. The van der Waals surface area contributed by atoms with E-state index >= 15 is 0 Å². The van der Waals surface area contributed by atoms with E-state index in [0.29, 0.717) is 24.4 Å². The van der Waals surface area contributed by atoms with Crippen LogP contribution < -0.4 is 0 Å². The summed E-state index contributed by atoms with van der Waals surface area (Å²) in [7, 11) is 0. The lowest BCUT2D eigenvalue weighted by Gasteiger charge is -2.22. The molecule has 0 bridgehead atoms. The maximum Gasteiger partial charge on any atom is 0.189 e. The first-order chi connectivity index (χ1) is 13.1. The van der Waals surface area contributed by atoms with Gasteiger partial charge in [-0.2, -0.15) is 10.4 Å². The Labute approximate surface area is 156 Å². The maximum atomic E-state index is 13.0. The van der Waals surface area contributed by atoms with Crippen molar-refractivity contribution in [3.63, 3.8) is 0 Å². The average molecular weight is 372 g/mol. The molecule has 0 spiro atoms. The maximum absolute atomic E-state index is 13.0. The predicted molar refractivity (Wildman–Crippen MR) is 93.4 cm³/mol. The highest BCUT2D eigenvalue weighted by Crippen LogP contribution is 2.21. The Bertz CT molecular complexity index is 822. The van der Waals surface area contributed by atoms with E-state index in [1.807, 2.05) is 6.07 Å². The summed E-state index contributed by atoms with van der Waals surface area (Å²) in [5, 5.41) is 13.6. The van der Waals surface area contributed by atoms with Crippen LogP contribution in [-0.2, 0) is 16.0 Å². The molecule has 0 radical (unpaired) electrons. The zero-order valence-corrected chi connectivity index (χ0v) is 15.1. The molecule has 0 aliphatic carbocycles. The molecule has 1 aliphatic rings. The Hall–Kier alpha value is -2.63. The largest absolute Gasteiger partial charge is 0.353 e. The SMILES string of the molecule is Cc1c(C(=O)[C@H](C#N)c2ccc(F)cn2)cnn1CCO[C@H]1CCCCO1. The fourth-order valence-electron chi connectivity index (χ4n) is 3.00. The van der Waals surface area contributed by atoms with Gasteiger partial charge in [0.15, 0.2) is 18.0 Å². The monoisotopic (exact) mass is 372 g/mol. The summed E-state index contributed by atoms with van der Waals surface area (Å²) in [6.45, 7) is 3.38. The molecule has 3 heterocycles. The fourth-order valence-corrected chi connectivity index (χ4v) is 3.00. The number of Topliss-reactive ketones (excluding diaryl/α,β-unsaturated/α-hetero) is 1. The molecule has 0 saturated carbocycles. The second-order valence-electron chi connectivity index (χ2n) is 6.36. The molecule has 0 unspecified atom stereocenters. The van der Waals surface area contributed by atoms with Gasteiger partial charge < -0.3 is 9.47 Å². The predicted octanol–water partition coefficient (Wildman–Crippen LogP) is 2.76. The Balaban J connectivity index is 1.65. The zero-order valence-electron chi connectivity index (χ0n) is 15.1. The first kappa shape index (κ1) is 19.1. The van der Waals surface area contributed by atoms with Crippen molar-refractivity contribution in [2.24, 2.45) is 0 Å². The summed E-state index contributed by atoms with van der Waals surface area (Å²) in [4.78, 5) is 16.6. The molecule has 3 rings (SSSR count). The Morgan fingerprint density at radius 3 is 3.00 bits per heavy atom. The number of carbonyl (C=O) groups excluding carboxylic acids is 1. The van der Waals surface area contributed by atoms with Crippen molar-refractivity contribution < 1.29 is 18.7 Å². The van der Waals surface area contributed by atoms with E-state index in [0.717, 1.165) is 32.1 Å². The fraction of sp³-hybridized carbons (Fsp3) is 0.474. The highest BCUT2D eigenvalue weighted by Gasteiger charge is 2.26. The quantitative estimate of drug-likeness (QED) is 0.694. The zero-order chi connectivity index (χ0) is 19.2. The summed E-state index contributed by atoms with van der Waals surface area (Å²) in [6, 6.07) is 4.47. The minimum atomic E-state index is -1.10. The molecule has 8 heteroatoms. The van der Waals surface area contributed by atoms with Crippen LogP contribution in [0.1, 0.15) is 46.9 Å². The van der Waals surface area contributed by atoms with E-state index in [4.69, 9.17) is 9.47 Å². The Kier molecular flexibility index (Phi) is 6.27. The molecule has 1 saturated heterocycles. The van der Waals surface area contributed by atoms with Crippen LogP contribution in [0.4, 0.5) is 4.39 Å². The lowest BCUT2D eigenvalue weighted by molar-refractivity contribution is -0.163. The number of halogens is 1. The van der Waals surface area contributed by atoms with Crippen LogP contribution in [0.25, 0.3) is 0 Å². The molecule has 27 heavy (non-hydrogen) atoms. The smallest absolute Gasteiger partial charge is 0.189 e. The molecule has 0 N–H and O–H groups in total. The van der Waals surface area contributed by atoms with Crippen molar-refractivity contribution >= 4 is 5.78 Å². The number of ketones is 1. The minimum Gasteiger partial charge on any atom is -0.353 e. The average Bonchev–Trinajstić information content (AvgIpc) is 3.05. The number of ether oxygens (including phenoxy) is 2. The lowest BCUT2D eigenvalue weighted by atomic mass is 9.96. The number of carbonyl (C=O) groups is 1. The number of aromatic nitrogens is 3. The van der Waals surface area contributed by atoms with Gasteiger partial charge in [-0.3, -0.25) is 14.5 Å². The Morgan fingerprint density at radius 2 is 2.33 bits per heavy atom. The van der Waals surface area contributed by atoms with Crippen LogP contribution in [0.5, 0.6) is 0 Å². The number of hydrogen-bond donors (Lipinski definition) is 0. The number of rotatable bonds is 7. The van der Waals surface area contributed by atoms with Crippen molar-refractivity contribution in [3.05, 3.63) is 47.3 Å². The standard InChI is InChI=1S/C19H21FN4O3/c1-13-16(19(25)15(10-21)17-6-5-14(20)11-22-17)12-23-24(13)7-9-27-18-4-2-3-8-26-18/h5-6,11-12,15,18H,2-4,7-9H2,1H3/t15-,18+/m1/s1. The molecule has 2 aromatic heterocycles. The van der Waals surface area contributed by atoms with Gasteiger partial charge in [-0.15, -0.1) is 0 Å². The van der Waals surface area contributed by atoms with Gasteiger partial charge in [-0.25, -0.2) is 4.39 Å². The van der Waals surface area contributed by atoms with Crippen LogP contribution in [0.15, 0.2) is 24.5 Å². The third-order valence-corrected chi connectivity index (χ3v) is 4.55. The third-order valence-electron chi connectivity index (χ3n) is 4.55. The molecular weight excluding hydrogens is 351 g/mol. The van der Waals surface area contributed by atoms with E-state index in [2.05, 4.69) is 10.1 Å². The van der Waals surface area contributed by atoms with Gasteiger partial charge in [0.2, 0.25) is 0 Å². The van der Waals surface area contributed by atoms with Crippen LogP contribution in [-0.4, -0.2) is 40.1 Å². The van der Waals surface area contributed by atoms with Crippen molar-refractivity contribution in [3.8, 4) is 6.07 Å². The molecule has 0 amide bonds. The van der Waals surface area contributed by atoms with Crippen molar-refractivity contribution in [1.29, 1.82) is 5.26 Å². The first-order valence-corrected chi connectivity index (χ1v) is 8.91. The van der Waals surface area contributed by atoms with Gasteiger partial charge in [0.05, 0.1) is 42.9 Å². The van der Waals surface area contributed by atoms with Crippen molar-refractivity contribution in [1.82, 2.24) is 14.8 Å². The Morgan fingerprint density at radius 1 is 1.48 bits per heavy atom. The minimum absolute atomic E-state index is 0.178. The first-order valence-electron chi connectivity index (χ1n) is 8.91. The molecule has 0 aromatic carbocycles. The summed E-state index contributed by atoms with van der Waals surface area (Å²) in [6.07, 6.45) is 5.31. The topological polar surface area (TPSA) is 90.0 Å². The molecule has 2 aromatic rings. The highest BCUT2D eigenvalue weighted by molar-refractivity contribution is 6.03. The van der Waals surface area contributed by atoms with Gasteiger partial charge in [0.1, 0.15) is 5.82 Å². The van der Waals surface area contributed by atoms with Crippen LogP contribution >= 0.6 is 0 Å². The molecule has 142 valence electrons. The van der Waals surface area contributed by atoms with Gasteiger partial charge in [-0.05, 0) is 38.3 Å². The summed E-state index contributed by atoms with van der Waals surface area (Å²) < 4.78 is 25.9. The van der Waals surface area contributed by atoms with Crippen LogP contribution in [0, 0.1) is 24.1 Å². The van der Waals surface area contributed by atoms with E-state index in [1.54, 1.807) is 11.6 Å². The number of nitrogens with zero attached hydrogens (tertiary/aromatic N) is 4. The van der Waals surface area contributed by atoms with E-state index in [9.17, 15) is 14.4 Å². The van der Waals surface area contributed by atoms with Crippen LogP contribution in [0.3, 0.4) is 0 Å². The van der Waals surface area contributed by atoms with Crippen LogP contribution in [0.2, 0.25) is 0 Å². The number of hydrogen-bond acceptors (Lipinski definition) is 6. The van der Waals surface area contributed by atoms with Gasteiger partial charge >= 0.3 is 0 Å². The van der Waals surface area contributed by atoms with E-state index in [1.165, 1.54) is 18.3 Å². The van der Waals surface area contributed by atoms with E-state index in [-0.39, 0.29) is 12.0 Å². The third kappa shape index (κ3) is 4.56. The van der Waals surface area contributed by atoms with Gasteiger partial charge in [-0.1, -0.05) is 0 Å². The normalized spacial score (nSPS) is 18.0. The number of nitriles is 1. The molecule has 2 atom stereocenters. The molecular formula is C19H21FN4O3. The second-order valence-corrected chi connectivity index (χ2v) is 6.36.